The molecular weight excluding hydrogens is 342 g/mol. The molecule has 0 fully saturated rings. The van der Waals surface area contributed by atoms with Crippen molar-refractivity contribution in [2.75, 3.05) is 6.54 Å². The number of benzene rings is 1. The molecule has 0 radical (unpaired) electrons. The number of nitrogens with one attached hydrogen (secondary N) is 1. The second kappa shape index (κ2) is 6.88. The number of rotatable bonds is 6. The molecule has 0 bridgehead atoms. The molecule has 5 nitrogen and oxygen atoms in total. The summed E-state index contributed by atoms with van der Waals surface area (Å²) in [5.74, 6) is 0. The minimum atomic E-state index is -3.56. The van der Waals surface area contributed by atoms with Crippen LogP contribution in [0.1, 0.15) is 22.0 Å². The second-order valence-corrected chi connectivity index (χ2v) is 8.36. The van der Waals surface area contributed by atoms with Crippen LogP contribution in [0.15, 0.2) is 59.1 Å². The van der Waals surface area contributed by atoms with E-state index in [2.05, 4.69) is 9.82 Å². The highest BCUT2D eigenvalue weighted by Crippen LogP contribution is 2.23. The number of hydrogen-bond donors (Lipinski definition) is 1. The summed E-state index contributed by atoms with van der Waals surface area (Å²) in [6, 6.07) is 10.8. The van der Waals surface area contributed by atoms with Crippen molar-refractivity contribution in [1.29, 1.82) is 0 Å². The van der Waals surface area contributed by atoms with Crippen molar-refractivity contribution in [3.8, 4) is 0 Å². The van der Waals surface area contributed by atoms with Gasteiger partial charge in [0.05, 0.1) is 10.9 Å². The Hall–Kier alpha value is -1.96. The number of aryl methyl sites for hydroxylation is 2. The van der Waals surface area contributed by atoms with Crippen LogP contribution in [0.25, 0.3) is 0 Å². The van der Waals surface area contributed by atoms with E-state index in [0.717, 1.165) is 16.0 Å². The van der Waals surface area contributed by atoms with E-state index in [1.807, 2.05) is 49.7 Å². The van der Waals surface area contributed by atoms with E-state index < -0.39 is 10.0 Å². The van der Waals surface area contributed by atoms with Crippen LogP contribution >= 0.6 is 11.3 Å². The molecule has 7 heteroatoms. The smallest absolute Gasteiger partial charge is 0.240 e. The third-order valence-corrected chi connectivity index (χ3v) is 6.37. The Kier molecular flexibility index (Phi) is 4.84. The van der Waals surface area contributed by atoms with E-state index in [-0.39, 0.29) is 17.5 Å². The first-order valence-electron chi connectivity index (χ1n) is 7.57. The van der Waals surface area contributed by atoms with Crippen LogP contribution in [0.5, 0.6) is 0 Å². The average Bonchev–Trinajstić information content (AvgIpc) is 3.24. The molecule has 1 N–H and O–H groups in total. The lowest BCUT2D eigenvalue weighted by atomic mass is 10.1. The van der Waals surface area contributed by atoms with Gasteiger partial charge in [0, 0.05) is 23.8 Å². The molecule has 0 spiro atoms. The Morgan fingerprint density at radius 1 is 1.21 bits per heavy atom. The summed E-state index contributed by atoms with van der Waals surface area (Å²) in [6.45, 7) is 4.12. The Bertz CT molecular complexity index is 867. The zero-order chi connectivity index (χ0) is 17.2. The molecule has 3 aromatic rings. The molecule has 0 aliphatic heterocycles. The fraction of sp³-hybridized carbons (Fsp3) is 0.235. The summed E-state index contributed by atoms with van der Waals surface area (Å²) in [4.78, 5) is 1.34. The number of nitrogens with zero attached hydrogens (tertiary/aromatic N) is 2. The monoisotopic (exact) mass is 361 g/mol. The largest absolute Gasteiger partial charge is 0.263 e. The van der Waals surface area contributed by atoms with Gasteiger partial charge in [0.1, 0.15) is 0 Å². The zero-order valence-electron chi connectivity index (χ0n) is 13.5. The van der Waals surface area contributed by atoms with Crippen LogP contribution in [0.3, 0.4) is 0 Å². The molecule has 2 heterocycles. The molecule has 2 aromatic heterocycles. The molecule has 1 aromatic carbocycles. The van der Waals surface area contributed by atoms with Crippen molar-refractivity contribution in [2.45, 2.75) is 24.8 Å². The molecular formula is C17H19N3O2S2. The number of thiophene rings is 1. The van der Waals surface area contributed by atoms with Crippen LogP contribution in [0.4, 0.5) is 0 Å². The van der Waals surface area contributed by atoms with Gasteiger partial charge >= 0.3 is 0 Å². The third kappa shape index (κ3) is 3.58. The zero-order valence-corrected chi connectivity index (χ0v) is 15.1. The lowest BCUT2D eigenvalue weighted by Gasteiger charge is -2.17. The standard InChI is InChI=1S/C17H19N3O2S2/c1-13-6-7-15(11-14(13)2)24(21,22)19-12-16(17-5-3-10-23-17)20-9-4-8-18-20/h3-11,16,19H,12H2,1-2H3. The second-order valence-electron chi connectivity index (χ2n) is 5.62. The van der Waals surface area contributed by atoms with Gasteiger partial charge in [-0.3, -0.25) is 4.68 Å². The van der Waals surface area contributed by atoms with Crippen molar-refractivity contribution in [2.24, 2.45) is 0 Å². The maximum Gasteiger partial charge on any atom is 0.240 e. The van der Waals surface area contributed by atoms with Gasteiger partial charge in [-0.1, -0.05) is 12.1 Å². The van der Waals surface area contributed by atoms with E-state index in [9.17, 15) is 8.42 Å². The highest BCUT2D eigenvalue weighted by molar-refractivity contribution is 7.89. The SMILES string of the molecule is Cc1ccc(S(=O)(=O)NCC(c2cccs2)n2cccn2)cc1C. The maximum atomic E-state index is 12.6. The first-order valence-corrected chi connectivity index (χ1v) is 9.93. The predicted molar refractivity (Wildman–Crippen MR) is 95.8 cm³/mol. The van der Waals surface area contributed by atoms with E-state index in [1.54, 1.807) is 34.3 Å². The number of aromatic nitrogens is 2. The molecule has 1 atom stereocenters. The minimum absolute atomic E-state index is 0.165. The van der Waals surface area contributed by atoms with E-state index >= 15 is 0 Å². The average molecular weight is 361 g/mol. The lowest BCUT2D eigenvalue weighted by molar-refractivity contribution is 0.511. The summed E-state index contributed by atoms with van der Waals surface area (Å²) in [6.07, 6.45) is 3.53. The first kappa shape index (κ1) is 16.9. The fourth-order valence-electron chi connectivity index (χ4n) is 2.42. The Balaban J connectivity index is 1.82. The number of hydrogen-bond acceptors (Lipinski definition) is 4. The van der Waals surface area contributed by atoms with Crippen LogP contribution < -0.4 is 4.72 Å². The Morgan fingerprint density at radius 2 is 2.04 bits per heavy atom. The molecule has 0 aliphatic rings. The minimum Gasteiger partial charge on any atom is -0.263 e. The third-order valence-electron chi connectivity index (χ3n) is 3.97. The van der Waals surface area contributed by atoms with Gasteiger partial charge in [0.2, 0.25) is 10.0 Å². The van der Waals surface area contributed by atoms with E-state index in [0.29, 0.717) is 0 Å². The highest BCUT2D eigenvalue weighted by Gasteiger charge is 2.20. The van der Waals surface area contributed by atoms with E-state index in [4.69, 9.17) is 0 Å². The van der Waals surface area contributed by atoms with Gasteiger partial charge in [0.15, 0.2) is 0 Å². The molecule has 0 saturated heterocycles. The lowest BCUT2D eigenvalue weighted by Crippen LogP contribution is -2.31. The van der Waals surface area contributed by atoms with Crippen molar-refractivity contribution >= 4 is 21.4 Å². The first-order chi connectivity index (χ1) is 11.5. The maximum absolute atomic E-state index is 12.6. The van der Waals surface area contributed by atoms with Crippen LogP contribution in [-0.4, -0.2) is 24.7 Å². The van der Waals surface area contributed by atoms with Gasteiger partial charge < -0.3 is 0 Å². The predicted octanol–water partition coefficient (Wildman–Crippen LogP) is 3.13. The van der Waals surface area contributed by atoms with Gasteiger partial charge in [-0.15, -0.1) is 11.3 Å². The molecule has 1 unspecified atom stereocenters. The molecule has 0 aliphatic carbocycles. The van der Waals surface area contributed by atoms with Crippen molar-refractivity contribution in [3.63, 3.8) is 0 Å². The molecule has 3 rings (SSSR count). The van der Waals surface area contributed by atoms with Crippen molar-refractivity contribution < 1.29 is 8.42 Å². The van der Waals surface area contributed by atoms with Crippen molar-refractivity contribution in [3.05, 3.63) is 70.2 Å². The summed E-state index contributed by atoms with van der Waals surface area (Å²) in [5, 5.41) is 6.24. The van der Waals surface area contributed by atoms with Gasteiger partial charge in [-0.05, 0) is 54.6 Å². The topological polar surface area (TPSA) is 64.0 Å². The summed E-state index contributed by atoms with van der Waals surface area (Å²) < 4.78 is 29.7. The van der Waals surface area contributed by atoms with E-state index in [1.165, 1.54) is 0 Å². The Labute approximate surface area is 146 Å². The highest BCUT2D eigenvalue weighted by atomic mass is 32.2. The summed E-state index contributed by atoms with van der Waals surface area (Å²) in [7, 11) is -3.56. The van der Waals surface area contributed by atoms with Gasteiger partial charge in [0.25, 0.3) is 0 Å². The van der Waals surface area contributed by atoms with Crippen molar-refractivity contribution in [1.82, 2.24) is 14.5 Å². The van der Waals surface area contributed by atoms with Gasteiger partial charge in [-0.2, -0.15) is 5.10 Å². The van der Waals surface area contributed by atoms with Crippen LogP contribution in [-0.2, 0) is 10.0 Å². The number of sulfonamides is 1. The normalized spacial score (nSPS) is 13.1. The quantitative estimate of drug-likeness (QED) is 0.734. The van der Waals surface area contributed by atoms with Crippen LogP contribution in [0.2, 0.25) is 0 Å². The summed E-state index contributed by atoms with van der Waals surface area (Å²) >= 11 is 1.58. The molecule has 0 saturated carbocycles. The molecule has 24 heavy (non-hydrogen) atoms. The molecule has 0 amide bonds. The Morgan fingerprint density at radius 3 is 2.67 bits per heavy atom. The van der Waals surface area contributed by atoms with Gasteiger partial charge in [-0.25, -0.2) is 13.1 Å². The fourth-order valence-corrected chi connectivity index (χ4v) is 4.37. The van der Waals surface area contributed by atoms with Crippen LogP contribution in [0, 0.1) is 13.8 Å². The molecule has 126 valence electrons. The summed E-state index contributed by atoms with van der Waals surface area (Å²) in [5.41, 5.74) is 2.03.